The molecule has 1 saturated carbocycles. The first-order chi connectivity index (χ1) is 14.6. The maximum Gasteiger partial charge on any atom is 0.237 e. The number of hydrogen-bond acceptors (Lipinski definition) is 6. The Morgan fingerprint density at radius 3 is 2.74 bits per heavy atom. The molecule has 0 radical (unpaired) electrons. The second-order valence-electron chi connectivity index (χ2n) is 7.79. The molecule has 0 unspecified atom stereocenters. The molecule has 1 aromatic heterocycles. The highest BCUT2D eigenvalue weighted by atomic mass is 35.5. The molecule has 3 N–H and O–H groups in total. The van der Waals surface area contributed by atoms with Gasteiger partial charge < -0.3 is 11.1 Å². The third kappa shape index (κ3) is 3.40. The van der Waals surface area contributed by atoms with Crippen molar-refractivity contribution in [2.24, 2.45) is 22.6 Å². The fourth-order valence-electron chi connectivity index (χ4n) is 4.58. The Balaban J connectivity index is 1.76. The molecule has 4 atom stereocenters. The van der Waals surface area contributed by atoms with Gasteiger partial charge in [-0.2, -0.15) is 0 Å². The average molecular weight is 464 g/mol. The Kier molecular flexibility index (Phi) is 5.29. The fourth-order valence-corrected chi connectivity index (χ4v) is 6.27. The number of fused-ring (bicyclic) bond motifs is 1. The van der Waals surface area contributed by atoms with E-state index >= 15 is 0 Å². The summed E-state index contributed by atoms with van der Waals surface area (Å²) < 4.78 is 28.8. The first-order valence-corrected chi connectivity index (χ1v) is 10.7. The Hall–Kier alpha value is -2.52. The van der Waals surface area contributed by atoms with E-state index in [1.54, 1.807) is 14.0 Å². The van der Waals surface area contributed by atoms with Crippen molar-refractivity contribution < 1.29 is 13.6 Å². The number of amides is 1. The minimum Gasteiger partial charge on any atom is -0.378 e. The van der Waals surface area contributed by atoms with Gasteiger partial charge in [-0.05, 0) is 36.6 Å². The Morgan fingerprint density at radius 1 is 1.35 bits per heavy atom. The summed E-state index contributed by atoms with van der Waals surface area (Å²) in [6.45, 7) is 3.69. The van der Waals surface area contributed by atoms with Crippen LogP contribution in [0.25, 0.3) is 11.9 Å². The van der Waals surface area contributed by atoms with E-state index in [4.69, 9.17) is 17.3 Å². The van der Waals surface area contributed by atoms with Crippen LogP contribution in [-0.2, 0) is 10.3 Å². The van der Waals surface area contributed by atoms with Crippen molar-refractivity contribution in [1.82, 2.24) is 15.3 Å². The smallest absolute Gasteiger partial charge is 0.237 e. The number of carbonyl (C=O) groups is 1. The summed E-state index contributed by atoms with van der Waals surface area (Å²) in [5.74, 6) is -1.65. The van der Waals surface area contributed by atoms with Gasteiger partial charge in [0.15, 0.2) is 11.0 Å². The van der Waals surface area contributed by atoms with Crippen molar-refractivity contribution in [1.29, 1.82) is 0 Å². The maximum atomic E-state index is 15.0. The zero-order valence-electron chi connectivity index (χ0n) is 17.0. The number of aromatic nitrogens is 2. The number of hydrogen-bond donors (Lipinski definition) is 2. The van der Waals surface area contributed by atoms with Crippen LogP contribution in [0.1, 0.15) is 30.7 Å². The third-order valence-corrected chi connectivity index (χ3v) is 7.67. The monoisotopic (exact) mass is 463 g/mol. The molecule has 1 amide bonds. The van der Waals surface area contributed by atoms with E-state index in [9.17, 15) is 13.6 Å². The van der Waals surface area contributed by atoms with E-state index in [-0.39, 0.29) is 39.3 Å². The molecular formula is C21H20ClF2N5OS. The lowest BCUT2D eigenvalue weighted by molar-refractivity contribution is -0.121. The summed E-state index contributed by atoms with van der Waals surface area (Å²) in [5.41, 5.74) is 5.67. The number of halogens is 3. The second kappa shape index (κ2) is 7.56. The van der Waals surface area contributed by atoms with Crippen LogP contribution in [0.2, 0.25) is 5.15 Å². The molecule has 2 heterocycles. The molecule has 1 aliphatic carbocycles. The first kappa shape index (κ1) is 21.7. The summed E-state index contributed by atoms with van der Waals surface area (Å²) in [4.78, 5) is 24.9. The first-order valence-electron chi connectivity index (χ1n) is 9.55. The number of nitrogens with one attached hydrogen (secondary N) is 1. The van der Waals surface area contributed by atoms with E-state index < -0.39 is 21.9 Å². The van der Waals surface area contributed by atoms with Crippen LogP contribution in [-0.4, -0.2) is 32.8 Å². The summed E-state index contributed by atoms with van der Waals surface area (Å²) in [6.07, 6.45) is 3.69. The number of thioether (sulfide) groups is 1. The van der Waals surface area contributed by atoms with Crippen molar-refractivity contribution in [2.75, 3.05) is 7.05 Å². The van der Waals surface area contributed by atoms with Crippen LogP contribution in [0.3, 0.4) is 0 Å². The molecule has 0 saturated heterocycles. The number of aliphatic imine (C=N–C) groups is 1. The van der Waals surface area contributed by atoms with Gasteiger partial charge in [-0.1, -0.05) is 36.4 Å². The Labute approximate surface area is 187 Å². The van der Waals surface area contributed by atoms with Gasteiger partial charge in [0.2, 0.25) is 5.91 Å². The lowest BCUT2D eigenvalue weighted by Crippen LogP contribution is -2.43. The van der Waals surface area contributed by atoms with Crippen molar-refractivity contribution in [3.63, 3.8) is 0 Å². The van der Waals surface area contributed by atoms with Crippen LogP contribution >= 0.6 is 23.4 Å². The largest absolute Gasteiger partial charge is 0.378 e. The molecular weight excluding hydrogens is 444 g/mol. The minimum atomic E-state index is -1.08. The Morgan fingerprint density at radius 2 is 2.10 bits per heavy atom. The fraction of sp³-hybridized carbons (Fsp3) is 0.333. The van der Waals surface area contributed by atoms with Crippen molar-refractivity contribution in [3.05, 3.63) is 58.4 Å². The maximum absolute atomic E-state index is 15.0. The van der Waals surface area contributed by atoms with E-state index in [0.717, 1.165) is 0 Å². The summed E-state index contributed by atoms with van der Waals surface area (Å²) in [7, 11) is 1.56. The minimum absolute atomic E-state index is 0.00673. The lowest BCUT2D eigenvalue weighted by Gasteiger charge is -2.33. The van der Waals surface area contributed by atoms with E-state index in [0.29, 0.717) is 5.56 Å². The topological polar surface area (TPSA) is 93.3 Å². The molecule has 1 aliphatic heterocycles. The van der Waals surface area contributed by atoms with Gasteiger partial charge in [0, 0.05) is 18.5 Å². The van der Waals surface area contributed by atoms with Crippen LogP contribution < -0.4 is 11.1 Å². The van der Waals surface area contributed by atoms with E-state index in [2.05, 4.69) is 20.3 Å². The van der Waals surface area contributed by atoms with Gasteiger partial charge in [0.25, 0.3) is 0 Å². The predicted molar refractivity (Wildman–Crippen MR) is 118 cm³/mol. The van der Waals surface area contributed by atoms with Gasteiger partial charge in [-0.15, -0.1) is 0 Å². The molecule has 10 heteroatoms. The summed E-state index contributed by atoms with van der Waals surface area (Å²) in [6, 6.07) is 4.25. The van der Waals surface area contributed by atoms with Crippen molar-refractivity contribution in [2.45, 2.75) is 24.1 Å². The molecule has 0 spiro atoms. The Bertz CT molecular complexity index is 1130. The van der Waals surface area contributed by atoms with E-state index in [1.807, 2.05) is 6.92 Å². The third-order valence-electron chi connectivity index (χ3n) is 6.03. The van der Waals surface area contributed by atoms with Gasteiger partial charge in [0.1, 0.15) is 21.4 Å². The quantitative estimate of drug-likeness (QED) is 0.720. The normalized spacial score (nSPS) is 29.7. The molecule has 2 aromatic rings. The van der Waals surface area contributed by atoms with Crippen molar-refractivity contribution >= 4 is 46.3 Å². The highest BCUT2D eigenvalue weighted by Crippen LogP contribution is 2.69. The van der Waals surface area contributed by atoms with Gasteiger partial charge in [-0.3, -0.25) is 9.79 Å². The highest BCUT2D eigenvalue weighted by Gasteiger charge is 2.76. The number of nitrogens with zero attached hydrogens (tertiary/aromatic N) is 3. The van der Waals surface area contributed by atoms with Gasteiger partial charge >= 0.3 is 0 Å². The number of rotatable bonds is 4. The second-order valence-corrected chi connectivity index (χ2v) is 9.48. The molecule has 1 aromatic carbocycles. The zero-order valence-corrected chi connectivity index (χ0v) is 18.6. The molecule has 0 bridgehead atoms. The zero-order chi connectivity index (χ0) is 22.6. The standard InChI is InChI=1S/C21H20ClF2N5OS/c1-10-17-20(2,29-19(25)31-21(10,17)18(30)26-3)12-6-11(4-5-13(12)23)7-14(24)15-8-28-16(22)9-27-15/h4-10,17H,1-3H3,(H2,25,29)(H,26,30)/b14-7-/t10-,17-,20+,21-/m0/s1. The molecule has 31 heavy (non-hydrogen) atoms. The van der Waals surface area contributed by atoms with Crippen molar-refractivity contribution in [3.8, 4) is 0 Å². The highest BCUT2D eigenvalue weighted by molar-refractivity contribution is 8.15. The SMILES string of the molecule is CNC(=O)[C@@]12SC(N)=N[C@](C)(c3cc(/C=C(\F)c4cnc(Cl)cn4)ccc3F)[C@@H]1[C@@H]2C. The lowest BCUT2D eigenvalue weighted by atomic mass is 9.84. The molecule has 1 fully saturated rings. The molecule has 162 valence electrons. The van der Waals surface area contributed by atoms with E-state index in [1.165, 1.54) is 48.4 Å². The number of carbonyl (C=O) groups excluding carboxylic acids is 1. The average Bonchev–Trinajstić information content (AvgIpc) is 3.34. The van der Waals surface area contributed by atoms with Crippen LogP contribution in [0.4, 0.5) is 8.78 Å². The van der Waals surface area contributed by atoms with Gasteiger partial charge in [-0.25, -0.2) is 18.7 Å². The van der Waals surface area contributed by atoms with Crippen LogP contribution in [0, 0.1) is 17.7 Å². The number of benzene rings is 1. The van der Waals surface area contributed by atoms with Gasteiger partial charge in [0.05, 0.1) is 17.9 Å². The van der Waals surface area contributed by atoms with Crippen LogP contribution in [0.5, 0.6) is 0 Å². The molecule has 6 nitrogen and oxygen atoms in total. The molecule has 4 rings (SSSR count). The summed E-state index contributed by atoms with van der Waals surface area (Å²) >= 11 is 6.91. The van der Waals surface area contributed by atoms with Crippen LogP contribution in [0.15, 0.2) is 35.6 Å². The number of nitrogens with two attached hydrogens (primary N) is 1. The predicted octanol–water partition coefficient (Wildman–Crippen LogP) is 3.76. The summed E-state index contributed by atoms with van der Waals surface area (Å²) in [5, 5.41) is 3.05. The number of amidine groups is 1. The molecule has 2 aliphatic rings.